The van der Waals surface area contributed by atoms with Gasteiger partial charge in [-0.2, -0.15) is 0 Å². The number of hydrogen-bond donors (Lipinski definition) is 5. The Morgan fingerprint density at radius 2 is 1.50 bits per heavy atom. The molecule has 9 nitrogen and oxygen atoms in total. The normalized spacial score (nSPS) is 16.7. The van der Waals surface area contributed by atoms with Gasteiger partial charge in [0.1, 0.15) is 12.1 Å². The van der Waals surface area contributed by atoms with E-state index in [0.29, 0.717) is 12.8 Å². The summed E-state index contributed by atoms with van der Waals surface area (Å²) in [7, 11) is 0. The lowest BCUT2D eigenvalue weighted by Gasteiger charge is -2.26. The molecule has 0 saturated carbocycles. The van der Waals surface area contributed by atoms with Gasteiger partial charge in [0.25, 0.3) is 0 Å². The molecule has 0 fully saturated rings. The summed E-state index contributed by atoms with van der Waals surface area (Å²) in [6.07, 6.45) is 1.07. The van der Waals surface area contributed by atoms with Crippen LogP contribution in [0.2, 0.25) is 0 Å². The summed E-state index contributed by atoms with van der Waals surface area (Å²) in [6, 6.07) is -2.99. The van der Waals surface area contributed by atoms with Crippen molar-refractivity contribution in [3.05, 3.63) is 0 Å². The first-order valence-corrected chi connectivity index (χ1v) is 8.92. The van der Waals surface area contributed by atoms with Gasteiger partial charge in [0.2, 0.25) is 17.7 Å². The van der Waals surface area contributed by atoms with Crippen molar-refractivity contribution >= 4 is 23.7 Å². The fourth-order valence-corrected chi connectivity index (χ4v) is 2.27. The summed E-state index contributed by atoms with van der Waals surface area (Å²) in [6.45, 7) is 7.21. The van der Waals surface area contributed by atoms with E-state index in [0.717, 1.165) is 0 Å². The summed E-state index contributed by atoms with van der Waals surface area (Å²) in [5.74, 6) is -3.39. The van der Waals surface area contributed by atoms with Crippen LogP contribution in [0.15, 0.2) is 0 Å². The van der Waals surface area contributed by atoms with Crippen LogP contribution in [0, 0.1) is 11.8 Å². The van der Waals surface area contributed by atoms with Crippen molar-refractivity contribution in [3.63, 3.8) is 0 Å². The molecule has 0 heterocycles. The molecule has 0 aliphatic rings. The molecule has 0 unspecified atom stereocenters. The van der Waals surface area contributed by atoms with E-state index in [4.69, 9.17) is 11.5 Å². The smallest absolute Gasteiger partial charge is 0.326 e. The Morgan fingerprint density at radius 3 is 1.92 bits per heavy atom. The van der Waals surface area contributed by atoms with E-state index in [-0.39, 0.29) is 24.7 Å². The molecule has 5 atom stereocenters. The lowest BCUT2D eigenvalue weighted by molar-refractivity contribution is -0.144. The van der Waals surface area contributed by atoms with Gasteiger partial charge in [-0.1, -0.05) is 40.5 Å². The van der Waals surface area contributed by atoms with Crippen LogP contribution in [-0.2, 0) is 19.2 Å². The van der Waals surface area contributed by atoms with Gasteiger partial charge in [0.15, 0.2) is 0 Å². The van der Waals surface area contributed by atoms with Crippen molar-refractivity contribution in [3.8, 4) is 0 Å². The van der Waals surface area contributed by atoms with Crippen molar-refractivity contribution in [2.75, 3.05) is 0 Å². The average Bonchev–Trinajstić information content (AvgIpc) is 2.59. The van der Waals surface area contributed by atoms with Crippen LogP contribution in [0.4, 0.5) is 0 Å². The SMILES string of the molecule is CC[C@H](C)[C@H](N)C(=O)N[C@@H](CCC(N)=O)C(=O)N[C@H](C(=O)O)[C@@H](C)CC. The Bertz CT molecular complexity index is 511. The predicted molar refractivity (Wildman–Crippen MR) is 96.8 cm³/mol. The molecule has 9 heteroatoms. The number of amides is 3. The van der Waals surface area contributed by atoms with Crippen LogP contribution < -0.4 is 22.1 Å². The van der Waals surface area contributed by atoms with Crippen LogP contribution in [0.25, 0.3) is 0 Å². The standard InChI is InChI=1S/C17H32N4O5/c1-5-9(3)13(19)16(24)20-11(7-8-12(18)22)15(23)21-14(17(25)26)10(4)6-2/h9-11,13-14H,5-8,19H2,1-4H3,(H2,18,22)(H,20,24)(H,21,23)(H,25,26)/t9-,10-,11-,13-,14-/m0/s1. The third kappa shape index (κ3) is 7.81. The highest BCUT2D eigenvalue weighted by Gasteiger charge is 2.31. The maximum atomic E-state index is 12.5. The van der Waals surface area contributed by atoms with Crippen LogP contribution in [0.5, 0.6) is 0 Å². The van der Waals surface area contributed by atoms with E-state index in [9.17, 15) is 24.3 Å². The Labute approximate surface area is 154 Å². The van der Waals surface area contributed by atoms with Gasteiger partial charge in [0, 0.05) is 6.42 Å². The maximum Gasteiger partial charge on any atom is 0.326 e. The number of carbonyl (C=O) groups excluding carboxylic acids is 3. The molecule has 0 saturated heterocycles. The number of carboxylic acids is 1. The third-order valence-electron chi connectivity index (χ3n) is 4.65. The minimum atomic E-state index is -1.16. The molecular formula is C17H32N4O5. The minimum absolute atomic E-state index is 0.0347. The molecule has 0 rings (SSSR count). The summed E-state index contributed by atoms with van der Waals surface area (Å²) in [5, 5.41) is 14.2. The Kier molecular flexibility index (Phi) is 10.5. The zero-order valence-corrected chi connectivity index (χ0v) is 16.0. The lowest BCUT2D eigenvalue weighted by Crippen LogP contribution is -2.56. The number of primary amides is 1. The zero-order valence-electron chi connectivity index (χ0n) is 16.0. The molecule has 0 aliphatic heterocycles. The highest BCUT2D eigenvalue weighted by molar-refractivity contribution is 5.92. The number of carboxylic acid groups (broad SMARTS) is 1. The summed E-state index contributed by atoms with van der Waals surface area (Å²) >= 11 is 0. The van der Waals surface area contributed by atoms with E-state index >= 15 is 0 Å². The van der Waals surface area contributed by atoms with Crippen molar-refractivity contribution in [1.82, 2.24) is 10.6 Å². The molecule has 150 valence electrons. The van der Waals surface area contributed by atoms with Gasteiger partial charge < -0.3 is 27.2 Å². The molecule has 7 N–H and O–H groups in total. The first kappa shape index (κ1) is 23.8. The molecule has 0 spiro atoms. The van der Waals surface area contributed by atoms with E-state index in [1.807, 2.05) is 20.8 Å². The van der Waals surface area contributed by atoms with Crippen molar-refractivity contribution < 1.29 is 24.3 Å². The second-order valence-electron chi connectivity index (χ2n) is 6.69. The molecule has 0 aromatic rings. The zero-order chi connectivity index (χ0) is 20.4. The van der Waals surface area contributed by atoms with E-state index in [1.165, 1.54) is 0 Å². The van der Waals surface area contributed by atoms with Gasteiger partial charge in [-0.25, -0.2) is 4.79 Å². The van der Waals surface area contributed by atoms with Crippen LogP contribution in [0.1, 0.15) is 53.4 Å². The molecule has 0 aromatic heterocycles. The van der Waals surface area contributed by atoms with Crippen LogP contribution in [-0.4, -0.2) is 46.9 Å². The number of nitrogens with one attached hydrogen (secondary N) is 2. The third-order valence-corrected chi connectivity index (χ3v) is 4.65. The molecule has 0 bridgehead atoms. The van der Waals surface area contributed by atoms with Crippen molar-refractivity contribution in [2.24, 2.45) is 23.3 Å². The largest absolute Gasteiger partial charge is 0.480 e. The quantitative estimate of drug-likeness (QED) is 0.316. The number of nitrogens with two attached hydrogens (primary N) is 2. The molecule has 0 aliphatic carbocycles. The van der Waals surface area contributed by atoms with E-state index < -0.39 is 41.8 Å². The molecule has 3 amide bonds. The summed E-state index contributed by atoms with van der Waals surface area (Å²) in [4.78, 5) is 47.2. The van der Waals surface area contributed by atoms with Crippen molar-refractivity contribution in [2.45, 2.75) is 71.5 Å². The lowest BCUT2D eigenvalue weighted by atomic mass is 9.97. The fourth-order valence-electron chi connectivity index (χ4n) is 2.27. The van der Waals surface area contributed by atoms with Gasteiger partial charge in [0.05, 0.1) is 6.04 Å². The maximum absolute atomic E-state index is 12.5. The van der Waals surface area contributed by atoms with Crippen LogP contribution in [0.3, 0.4) is 0 Å². The summed E-state index contributed by atoms with van der Waals surface area (Å²) < 4.78 is 0. The topological polar surface area (TPSA) is 165 Å². The first-order valence-electron chi connectivity index (χ1n) is 8.92. The van der Waals surface area contributed by atoms with Gasteiger partial charge >= 0.3 is 5.97 Å². The monoisotopic (exact) mass is 372 g/mol. The Hall–Kier alpha value is -2.16. The van der Waals surface area contributed by atoms with Gasteiger partial charge in [-0.05, 0) is 18.3 Å². The minimum Gasteiger partial charge on any atom is -0.480 e. The Balaban J connectivity index is 5.21. The average molecular weight is 372 g/mol. The van der Waals surface area contributed by atoms with Gasteiger partial charge in [-0.3, -0.25) is 14.4 Å². The molecular weight excluding hydrogens is 340 g/mol. The first-order chi connectivity index (χ1) is 12.0. The summed E-state index contributed by atoms with van der Waals surface area (Å²) in [5.41, 5.74) is 11.0. The second-order valence-corrected chi connectivity index (χ2v) is 6.69. The number of hydrogen-bond acceptors (Lipinski definition) is 5. The van der Waals surface area contributed by atoms with Crippen molar-refractivity contribution in [1.29, 1.82) is 0 Å². The molecule has 0 radical (unpaired) electrons. The van der Waals surface area contributed by atoms with E-state index in [1.54, 1.807) is 6.92 Å². The van der Waals surface area contributed by atoms with E-state index in [2.05, 4.69) is 10.6 Å². The molecule has 26 heavy (non-hydrogen) atoms. The number of aliphatic carboxylic acids is 1. The number of rotatable bonds is 12. The number of carbonyl (C=O) groups is 4. The van der Waals surface area contributed by atoms with Crippen LogP contribution >= 0.6 is 0 Å². The second kappa shape index (κ2) is 11.5. The fraction of sp³-hybridized carbons (Fsp3) is 0.765. The highest BCUT2D eigenvalue weighted by atomic mass is 16.4. The molecule has 0 aromatic carbocycles. The Morgan fingerprint density at radius 1 is 0.962 bits per heavy atom. The van der Waals surface area contributed by atoms with Gasteiger partial charge in [-0.15, -0.1) is 0 Å². The predicted octanol–water partition coefficient (Wildman–Crippen LogP) is -0.274. The highest BCUT2D eigenvalue weighted by Crippen LogP contribution is 2.10.